The van der Waals surface area contributed by atoms with Crippen LogP contribution in [-0.4, -0.2) is 27.5 Å². The van der Waals surface area contributed by atoms with E-state index < -0.39 is 0 Å². The molecule has 1 aromatic carbocycles. The molecule has 0 amide bonds. The summed E-state index contributed by atoms with van der Waals surface area (Å²) in [6.45, 7) is 4.45. The normalized spacial score (nSPS) is 12.3. The molecule has 19 heavy (non-hydrogen) atoms. The van der Waals surface area contributed by atoms with Crippen molar-refractivity contribution < 1.29 is 5.11 Å². The molecule has 0 saturated carbocycles. The Morgan fingerprint density at radius 1 is 1.32 bits per heavy atom. The lowest BCUT2D eigenvalue weighted by Gasteiger charge is -2.15. The van der Waals surface area contributed by atoms with Gasteiger partial charge in [-0.25, -0.2) is 4.68 Å². The highest BCUT2D eigenvalue weighted by atomic mass is 16.3. The van der Waals surface area contributed by atoms with Gasteiger partial charge in [-0.2, -0.15) is 5.10 Å². The first-order chi connectivity index (χ1) is 9.31. The van der Waals surface area contributed by atoms with Crippen LogP contribution in [0.1, 0.15) is 11.1 Å². The minimum absolute atomic E-state index is 0.0504. The van der Waals surface area contributed by atoms with Gasteiger partial charge < -0.3 is 10.4 Å². The Labute approximate surface area is 113 Å². The van der Waals surface area contributed by atoms with Crippen LogP contribution in [0, 0.1) is 0 Å². The van der Waals surface area contributed by atoms with E-state index in [1.807, 2.05) is 24.4 Å². The van der Waals surface area contributed by atoms with Crippen LogP contribution in [0.15, 0.2) is 49.3 Å². The van der Waals surface area contributed by atoms with Gasteiger partial charge in [-0.3, -0.25) is 0 Å². The summed E-state index contributed by atoms with van der Waals surface area (Å²) < 4.78 is 1.67. The Hall–Kier alpha value is -1.91. The minimum Gasteiger partial charge on any atom is -0.395 e. The fourth-order valence-corrected chi connectivity index (χ4v) is 1.93. The standard InChI is InChI=1S/C15H19N3O/c1-2-18-11-14(10-17-18)9-16-15(12-19)8-13-6-4-3-5-7-13/h2-7,10-11,15-16,19H,1,8-9,12H2/t15-/m0/s1. The molecule has 0 bridgehead atoms. The maximum Gasteiger partial charge on any atom is 0.0587 e. The molecule has 1 aromatic heterocycles. The molecule has 1 atom stereocenters. The van der Waals surface area contributed by atoms with Crippen molar-refractivity contribution in [1.82, 2.24) is 15.1 Å². The van der Waals surface area contributed by atoms with Crippen LogP contribution >= 0.6 is 0 Å². The second-order valence-electron chi connectivity index (χ2n) is 4.46. The van der Waals surface area contributed by atoms with Crippen molar-refractivity contribution in [3.63, 3.8) is 0 Å². The smallest absolute Gasteiger partial charge is 0.0587 e. The second-order valence-corrected chi connectivity index (χ2v) is 4.46. The van der Waals surface area contributed by atoms with E-state index in [9.17, 15) is 5.11 Å². The average molecular weight is 257 g/mol. The second kappa shape index (κ2) is 6.87. The monoisotopic (exact) mass is 257 g/mol. The first-order valence-corrected chi connectivity index (χ1v) is 6.35. The summed E-state index contributed by atoms with van der Waals surface area (Å²) in [5.74, 6) is 0. The van der Waals surface area contributed by atoms with Gasteiger partial charge in [0.2, 0.25) is 0 Å². The number of hydrogen-bond acceptors (Lipinski definition) is 3. The first kappa shape index (κ1) is 13.5. The van der Waals surface area contributed by atoms with Gasteiger partial charge in [-0.1, -0.05) is 36.9 Å². The molecule has 0 saturated heterocycles. The molecule has 0 aliphatic carbocycles. The minimum atomic E-state index is 0.0504. The van der Waals surface area contributed by atoms with Crippen molar-refractivity contribution in [2.75, 3.05) is 6.61 Å². The van der Waals surface area contributed by atoms with Crippen LogP contribution in [0.5, 0.6) is 0 Å². The van der Waals surface area contributed by atoms with Gasteiger partial charge in [0.1, 0.15) is 0 Å². The lowest BCUT2D eigenvalue weighted by Crippen LogP contribution is -2.33. The molecule has 0 aliphatic heterocycles. The van der Waals surface area contributed by atoms with Crippen LogP contribution in [0.25, 0.3) is 6.20 Å². The van der Waals surface area contributed by atoms with Crippen molar-refractivity contribution in [3.05, 3.63) is 60.4 Å². The van der Waals surface area contributed by atoms with Crippen molar-refractivity contribution in [2.45, 2.75) is 19.0 Å². The highest BCUT2D eigenvalue weighted by molar-refractivity contribution is 5.18. The molecule has 0 spiro atoms. The van der Waals surface area contributed by atoms with Crippen molar-refractivity contribution in [1.29, 1.82) is 0 Å². The predicted octanol–water partition coefficient (Wildman–Crippen LogP) is 1.68. The van der Waals surface area contributed by atoms with E-state index in [1.54, 1.807) is 17.1 Å². The third kappa shape index (κ3) is 4.05. The van der Waals surface area contributed by atoms with Gasteiger partial charge >= 0.3 is 0 Å². The number of aliphatic hydroxyl groups excluding tert-OH is 1. The predicted molar refractivity (Wildman–Crippen MR) is 76.5 cm³/mol. The molecule has 0 unspecified atom stereocenters. The molecule has 0 radical (unpaired) electrons. The molecular weight excluding hydrogens is 238 g/mol. The summed E-state index contributed by atoms with van der Waals surface area (Å²) in [6, 6.07) is 10.2. The van der Waals surface area contributed by atoms with Gasteiger partial charge in [0.25, 0.3) is 0 Å². The topological polar surface area (TPSA) is 50.1 Å². The van der Waals surface area contributed by atoms with Crippen molar-refractivity contribution >= 4 is 6.20 Å². The fourth-order valence-electron chi connectivity index (χ4n) is 1.93. The van der Waals surface area contributed by atoms with Gasteiger partial charge in [0.15, 0.2) is 0 Å². The van der Waals surface area contributed by atoms with E-state index in [1.165, 1.54) is 5.56 Å². The van der Waals surface area contributed by atoms with Crippen LogP contribution in [-0.2, 0) is 13.0 Å². The summed E-state index contributed by atoms with van der Waals surface area (Å²) in [7, 11) is 0. The molecule has 2 N–H and O–H groups in total. The highest BCUT2D eigenvalue weighted by Gasteiger charge is 2.08. The van der Waals surface area contributed by atoms with Gasteiger partial charge in [-0.15, -0.1) is 0 Å². The summed E-state index contributed by atoms with van der Waals surface area (Å²) in [5.41, 5.74) is 2.29. The zero-order valence-corrected chi connectivity index (χ0v) is 10.9. The molecule has 4 heteroatoms. The van der Waals surface area contributed by atoms with Crippen LogP contribution in [0.2, 0.25) is 0 Å². The fraction of sp³-hybridized carbons (Fsp3) is 0.267. The lowest BCUT2D eigenvalue weighted by molar-refractivity contribution is 0.241. The lowest BCUT2D eigenvalue weighted by atomic mass is 10.1. The number of nitrogens with one attached hydrogen (secondary N) is 1. The summed E-state index contributed by atoms with van der Waals surface area (Å²) in [4.78, 5) is 0. The highest BCUT2D eigenvalue weighted by Crippen LogP contribution is 2.04. The van der Waals surface area contributed by atoms with E-state index in [0.717, 1.165) is 12.0 Å². The molecule has 2 aromatic rings. The largest absolute Gasteiger partial charge is 0.395 e. The van der Waals surface area contributed by atoms with Crippen LogP contribution in [0.4, 0.5) is 0 Å². The van der Waals surface area contributed by atoms with E-state index in [-0.39, 0.29) is 12.6 Å². The Bertz CT molecular complexity index is 507. The zero-order valence-electron chi connectivity index (χ0n) is 10.9. The zero-order chi connectivity index (χ0) is 13.5. The molecule has 0 fully saturated rings. The maximum atomic E-state index is 9.42. The molecule has 100 valence electrons. The quantitative estimate of drug-likeness (QED) is 0.793. The molecular formula is C15H19N3O. The Morgan fingerprint density at radius 2 is 2.11 bits per heavy atom. The maximum absolute atomic E-state index is 9.42. The van der Waals surface area contributed by atoms with Crippen molar-refractivity contribution in [3.8, 4) is 0 Å². The van der Waals surface area contributed by atoms with Gasteiger partial charge in [0, 0.05) is 30.5 Å². The summed E-state index contributed by atoms with van der Waals surface area (Å²) in [5, 5.41) is 16.9. The number of benzene rings is 1. The van der Waals surface area contributed by atoms with Crippen LogP contribution < -0.4 is 5.32 Å². The Kier molecular flexibility index (Phi) is 4.89. The van der Waals surface area contributed by atoms with E-state index in [0.29, 0.717) is 6.54 Å². The van der Waals surface area contributed by atoms with Crippen LogP contribution in [0.3, 0.4) is 0 Å². The molecule has 1 heterocycles. The van der Waals surface area contributed by atoms with E-state index in [4.69, 9.17) is 0 Å². The summed E-state index contributed by atoms with van der Waals surface area (Å²) in [6.07, 6.45) is 6.17. The van der Waals surface area contributed by atoms with E-state index in [2.05, 4.69) is 29.1 Å². The average Bonchev–Trinajstić information content (AvgIpc) is 2.92. The molecule has 0 aliphatic rings. The number of hydrogen-bond donors (Lipinski definition) is 2. The third-order valence-electron chi connectivity index (χ3n) is 2.98. The third-order valence-corrected chi connectivity index (χ3v) is 2.98. The summed E-state index contributed by atoms with van der Waals surface area (Å²) >= 11 is 0. The number of nitrogens with zero attached hydrogens (tertiary/aromatic N) is 2. The molecule has 2 rings (SSSR count). The number of aromatic nitrogens is 2. The van der Waals surface area contributed by atoms with Gasteiger partial charge in [-0.05, 0) is 12.0 Å². The van der Waals surface area contributed by atoms with Crippen molar-refractivity contribution in [2.24, 2.45) is 0 Å². The Morgan fingerprint density at radius 3 is 2.74 bits per heavy atom. The first-order valence-electron chi connectivity index (χ1n) is 6.35. The molecule has 4 nitrogen and oxygen atoms in total. The van der Waals surface area contributed by atoms with Gasteiger partial charge in [0.05, 0.1) is 12.8 Å². The SMILES string of the molecule is C=Cn1cc(CN[C@H](CO)Cc2ccccc2)cn1. The van der Waals surface area contributed by atoms with E-state index >= 15 is 0 Å². The number of rotatable bonds is 7. The Balaban J connectivity index is 1.87. The number of aliphatic hydroxyl groups is 1.